The van der Waals surface area contributed by atoms with E-state index in [4.69, 9.17) is 4.74 Å². The lowest BCUT2D eigenvalue weighted by Gasteiger charge is -2.22. The maximum atomic E-state index is 12.4. The first kappa shape index (κ1) is 16.8. The van der Waals surface area contributed by atoms with Gasteiger partial charge in [0.15, 0.2) is 0 Å². The first-order valence-corrected chi connectivity index (χ1v) is 9.17. The molecule has 1 saturated heterocycles. The third-order valence-electron chi connectivity index (χ3n) is 3.44. The van der Waals surface area contributed by atoms with Gasteiger partial charge >= 0.3 is 0 Å². The van der Waals surface area contributed by atoms with Crippen LogP contribution in [0.4, 0.5) is 5.69 Å². The van der Waals surface area contributed by atoms with Gasteiger partial charge in [-0.3, -0.25) is 4.79 Å². The number of carbonyl (C=O) groups is 1. The van der Waals surface area contributed by atoms with E-state index in [-0.39, 0.29) is 12.0 Å². The number of anilines is 1. The summed E-state index contributed by atoms with van der Waals surface area (Å²) >= 11 is 0. The first-order valence-electron chi connectivity index (χ1n) is 7.32. The van der Waals surface area contributed by atoms with Crippen LogP contribution in [0.5, 0.6) is 5.75 Å². The number of para-hydroxylation sites is 2. The molecular weight excluding hydrogens is 304 g/mol. The molecule has 0 aliphatic carbocycles. The average molecular weight is 326 g/mol. The van der Waals surface area contributed by atoms with Crippen LogP contribution in [0, 0.1) is 0 Å². The molecule has 1 atom stereocenters. The minimum Gasteiger partial charge on any atom is -0.489 e. The number of nitrogens with one attached hydrogen (secondary N) is 1. The minimum absolute atomic E-state index is 0.0166. The van der Waals surface area contributed by atoms with Crippen LogP contribution in [-0.4, -0.2) is 43.6 Å². The summed E-state index contributed by atoms with van der Waals surface area (Å²) in [7, 11) is -3.38. The molecule has 1 aromatic carbocycles. The topological polar surface area (TPSA) is 75.7 Å². The third-order valence-corrected chi connectivity index (χ3v) is 4.73. The lowest BCUT2D eigenvalue weighted by Crippen LogP contribution is -2.42. The molecule has 7 heteroatoms. The van der Waals surface area contributed by atoms with Crippen molar-refractivity contribution in [3.05, 3.63) is 24.3 Å². The van der Waals surface area contributed by atoms with Gasteiger partial charge in [-0.15, -0.1) is 0 Å². The van der Waals surface area contributed by atoms with Crippen molar-refractivity contribution in [3.63, 3.8) is 0 Å². The van der Waals surface area contributed by atoms with Gasteiger partial charge in [0, 0.05) is 6.54 Å². The number of sulfonamides is 1. The molecule has 1 aliphatic heterocycles. The average Bonchev–Trinajstić information content (AvgIpc) is 2.89. The number of ether oxygens (including phenoxy) is 1. The maximum Gasteiger partial charge on any atom is 0.242 e. The number of hydrogen-bond acceptors (Lipinski definition) is 4. The number of rotatable bonds is 5. The predicted molar refractivity (Wildman–Crippen MR) is 85.4 cm³/mol. The zero-order valence-electron chi connectivity index (χ0n) is 13.1. The molecule has 22 heavy (non-hydrogen) atoms. The second-order valence-electron chi connectivity index (χ2n) is 5.68. The summed E-state index contributed by atoms with van der Waals surface area (Å²) in [6.07, 6.45) is 2.34. The SMILES string of the molecule is CC(C)Oc1ccccc1NC(=O)C1CCCN1S(C)(=O)=O. The van der Waals surface area contributed by atoms with Gasteiger partial charge in [-0.1, -0.05) is 12.1 Å². The van der Waals surface area contributed by atoms with Gasteiger partial charge in [0.05, 0.1) is 18.0 Å². The van der Waals surface area contributed by atoms with Crippen molar-refractivity contribution in [1.82, 2.24) is 4.31 Å². The van der Waals surface area contributed by atoms with Crippen molar-refractivity contribution in [2.24, 2.45) is 0 Å². The van der Waals surface area contributed by atoms with Gasteiger partial charge in [0.25, 0.3) is 0 Å². The first-order chi connectivity index (χ1) is 10.3. The van der Waals surface area contributed by atoms with Crippen LogP contribution < -0.4 is 10.1 Å². The highest BCUT2D eigenvalue weighted by Crippen LogP contribution is 2.27. The molecule has 0 saturated carbocycles. The predicted octanol–water partition coefficient (Wildman–Crippen LogP) is 1.84. The highest BCUT2D eigenvalue weighted by atomic mass is 32.2. The van der Waals surface area contributed by atoms with Crippen LogP contribution in [-0.2, 0) is 14.8 Å². The highest BCUT2D eigenvalue weighted by Gasteiger charge is 2.36. The molecule has 6 nitrogen and oxygen atoms in total. The second-order valence-corrected chi connectivity index (χ2v) is 7.62. The number of carbonyl (C=O) groups excluding carboxylic acids is 1. The summed E-state index contributed by atoms with van der Waals surface area (Å²) in [5.41, 5.74) is 0.557. The third kappa shape index (κ3) is 3.98. The zero-order valence-corrected chi connectivity index (χ0v) is 13.9. The molecule has 0 spiro atoms. The van der Waals surface area contributed by atoms with E-state index >= 15 is 0 Å². The Balaban J connectivity index is 2.16. The lowest BCUT2D eigenvalue weighted by atomic mass is 10.2. The molecule has 1 unspecified atom stereocenters. The lowest BCUT2D eigenvalue weighted by molar-refractivity contribution is -0.119. The van der Waals surface area contributed by atoms with Crippen molar-refractivity contribution in [1.29, 1.82) is 0 Å². The molecular formula is C15H22N2O4S. The number of benzene rings is 1. The molecule has 122 valence electrons. The van der Waals surface area contributed by atoms with E-state index in [0.29, 0.717) is 30.8 Å². The largest absolute Gasteiger partial charge is 0.489 e. The van der Waals surface area contributed by atoms with Crippen molar-refractivity contribution in [2.75, 3.05) is 18.1 Å². The van der Waals surface area contributed by atoms with E-state index in [1.165, 1.54) is 4.31 Å². The Kier molecular flexibility index (Phi) is 5.08. The number of nitrogens with zero attached hydrogens (tertiary/aromatic N) is 1. The fourth-order valence-electron chi connectivity index (χ4n) is 2.54. The summed E-state index contributed by atoms with van der Waals surface area (Å²) in [5.74, 6) is 0.262. The smallest absolute Gasteiger partial charge is 0.242 e. The molecule has 1 N–H and O–H groups in total. The Morgan fingerprint density at radius 1 is 1.36 bits per heavy atom. The van der Waals surface area contributed by atoms with E-state index in [9.17, 15) is 13.2 Å². The fourth-order valence-corrected chi connectivity index (χ4v) is 3.67. The Bertz CT molecular complexity index is 643. The van der Waals surface area contributed by atoms with E-state index in [1.54, 1.807) is 18.2 Å². The van der Waals surface area contributed by atoms with Crippen molar-refractivity contribution in [2.45, 2.75) is 38.8 Å². The standard InChI is InChI=1S/C15H22N2O4S/c1-11(2)21-14-9-5-4-7-12(14)16-15(18)13-8-6-10-17(13)22(3,19)20/h4-5,7,9,11,13H,6,8,10H2,1-3H3,(H,16,18). The molecule has 1 aromatic rings. The van der Waals surface area contributed by atoms with Gasteiger partial charge in [0.1, 0.15) is 11.8 Å². The zero-order chi connectivity index (χ0) is 16.3. The summed E-state index contributed by atoms with van der Waals surface area (Å²) in [4.78, 5) is 12.4. The number of amides is 1. The Labute approximate surface area is 131 Å². The van der Waals surface area contributed by atoms with Crippen molar-refractivity contribution >= 4 is 21.6 Å². The highest BCUT2D eigenvalue weighted by molar-refractivity contribution is 7.88. The van der Waals surface area contributed by atoms with Crippen LogP contribution in [0.25, 0.3) is 0 Å². The molecule has 0 aromatic heterocycles. The van der Waals surface area contributed by atoms with E-state index in [2.05, 4.69) is 5.32 Å². The molecule has 2 rings (SSSR count). The van der Waals surface area contributed by atoms with Crippen LogP contribution >= 0.6 is 0 Å². The van der Waals surface area contributed by atoms with Gasteiger partial charge in [-0.25, -0.2) is 8.42 Å². The molecule has 1 heterocycles. The monoisotopic (exact) mass is 326 g/mol. The Hall–Kier alpha value is -1.60. The second kappa shape index (κ2) is 6.66. The summed E-state index contributed by atoms with van der Waals surface area (Å²) in [6, 6.07) is 6.49. The summed E-state index contributed by atoms with van der Waals surface area (Å²) < 4.78 is 30.4. The normalized spacial score (nSPS) is 19.4. The minimum atomic E-state index is -3.38. The summed E-state index contributed by atoms with van der Waals surface area (Å²) in [5, 5.41) is 2.79. The van der Waals surface area contributed by atoms with E-state index in [1.807, 2.05) is 19.9 Å². The van der Waals surface area contributed by atoms with E-state index < -0.39 is 16.1 Å². The van der Waals surface area contributed by atoms with Gasteiger partial charge in [0.2, 0.25) is 15.9 Å². The molecule has 0 radical (unpaired) electrons. The maximum absolute atomic E-state index is 12.4. The van der Waals surface area contributed by atoms with Crippen LogP contribution in [0.1, 0.15) is 26.7 Å². The Morgan fingerprint density at radius 2 is 2.05 bits per heavy atom. The van der Waals surface area contributed by atoms with Gasteiger partial charge in [-0.2, -0.15) is 4.31 Å². The fraction of sp³-hybridized carbons (Fsp3) is 0.533. The number of hydrogen-bond donors (Lipinski definition) is 1. The van der Waals surface area contributed by atoms with Crippen molar-refractivity contribution in [3.8, 4) is 5.75 Å². The van der Waals surface area contributed by atoms with Crippen molar-refractivity contribution < 1.29 is 17.9 Å². The van der Waals surface area contributed by atoms with Crippen LogP contribution in [0.2, 0.25) is 0 Å². The molecule has 1 aliphatic rings. The van der Waals surface area contributed by atoms with Gasteiger partial charge in [-0.05, 0) is 38.8 Å². The molecule has 1 fully saturated rings. The van der Waals surface area contributed by atoms with Gasteiger partial charge < -0.3 is 10.1 Å². The van der Waals surface area contributed by atoms with E-state index in [0.717, 1.165) is 6.26 Å². The summed E-state index contributed by atoms with van der Waals surface area (Å²) in [6.45, 7) is 4.20. The van der Waals surface area contributed by atoms with Crippen LogP contribution in [0.15, 0.2) is 24.3 Å². The quantitative estimate of drug-likeness (QED) is 0.896. The molecule has 1 amide bonds. The van der Waals surface area contributed by atoms with Crippen LogP contribution in [0.3, 0.4) is 0 Å². The Morgan fingerprint density at radius 3 is 2.68 bits per heavy atom. The molecule has 0 bridgehead atoms.